The van der Waals surface area contributed by atoms with Gasteiger partial charge in [0.05, 0.1) is 11.1 Å². The maximum Gasteiger partial charge on any atom is 0.176 e. The van der Waals surface area contributed by atoms with Crippen LogP contribution in [0.25, 0.3) is 11.1 Å². The molecule has 0 radical (unpaired) electrons. The number of aryl methyl sites for hydroxylation is 2. The highest BCUT2D eigenvalue weighted by atomic mass is 79.9. The molecule has 0 aliphatic rings. The fourth-order valence-electron chi connectivity index (χ4n) is 4.52. The van der Waals surface area contributed by atoms with Gasteiger partial charge in [0.2, 0.25) is 0 Å². The van der Waals surface area contributed by atoms with Crippen molar-refractivity contribution in [3.05, 3.63) is 49.1 Å². The molecule has 2 heterocycles. The third kappa shape index (κ3) is 15.3. The molecular formula is C30H50Br2N2. The first-order valence-electron chi connectivity index (χ1n) is 13.8. The van der Waals surface area contributed by atoms with E-state index in [0.717, 1.165) is 13.1 Å². The molecule has 0 N–H and O–H groups in total. The van der Waals surface area contributed by atoms with Crippen molar-refractivity contribution in [2.75, 3.05) is 0 Å². The Morgan fingerprint density at radius 3 is 1.15 bits per heavy atom. The third-order valence-corrected chi connectivity index (χ3v) is 6.59. The van der Waals surface area contributed by atoms with Crippen LogP contribution in [0.5, 0.6) is 0 Å². The molecule has 2 rings (SSSR count). The molecule has 2 nitrogen and oxygen atoms in total. The van der Waals surface area contributed by atoms with E-state index in [1.165, 1.54) is 114 Å². The lowest BCUT2D eigenvalue weighted by Gasteiger charge is -2.03. The number of nitrogens with zero attached hydrogens (tertiary/aromatic N) is 2. The summed E-state index contributed by atoms with van der Waals surface area (Å²) in [6.45, 7) is 6.84. The Bertz CT molecular complexity index is 659. The summed E-state index contributed by atoms with van der Waals surface area (Å²) in [4.78, 5) is 0. The molecule has 0 saturated carbocycles. The largest absolute Gasteiger partial charge is 1.00 e. The van der Waals surface area contributed by atoms with Crippen molar-refractivity contribution in [3.63, 3.8) is 0 Å². The van der Waals surface area contributed by atoms with E-state index < -0.39 is 0 Å². The van der Waals surface area contributed by atoms with Gasteiger partial charge in [0.25, 0.3) is 0 Å². The summed E-state index contributed by atoms with van der Waals surface area (Å²) < 4.78 is 4.75. The van der Waals surface area contributed by atoms with E-state index in [4.69, 9.17) is 0 Å². The molecule has 2 aromatic heterocycles. The second kappa shape index (κ2) is 22.7. The second-order valence-electron chi connectivity index (χ2n) is 9.61. The number of pyridine rings is 2. The van der Waals surface area contributed by atoms with E-state index in [9.17, 15) is 0 Å². The van der Waals surface area contributed by atoms with Crippen LogP contribution in [0, 0.1) is 0 Å². The first-order chi connectivity index (χ1) is 15.8. The van der Waals surface area contributed by atoms with Gasteiger partial charge in [-0.25, -0.2) is 9.13 Å². The van der Waals surface area contributed by atoms with Gasteiger partial charge >= 0.3 is 0 Å². The van der Waals surface area contributed by atoms with Gasteiger partial charge in [-0.15, -0.1) is 0 Å². The van der Waals surface area contributed by atoms with Gasteiger partial charge in [0, 0.05) is 25.0 Å². The smallest absolute Gasteiger partial charge is 0.176 e. The lowest BCUT2D eigenvalue weighted by atomic mass is 10.1. The minimum Gasteiger partial charge on any atom is -1.00 e. The Morgan fingerprint density at radius 1 is 0.471 bits per heavy atom. The molecule has 0 unspecified atom stereocenters. The third-order valence-electron chi connectivity index (χ3n) is 6.59. The van der Waals surface area contributed by atoms with Crippen molar-refractivity contribution in [1.82, 2.24) is 0 Å². The van der Waals surface area contributed by atoms with Gasteiger partial charge in [-0.1, -0.05) is 90.9 Å². The summed E-state index contributed by atoms with van der Waals surface area (Å²) in [5.74, 6) is 0. The quantitative estimate of drug-likeness (QED) is 0.173. The minimum absolute atomic E-state index is 0. The molecule has 0 saturated heterocycles. The average Bonchev–Trinajstić information content (AvgIpc) is 2.83. The van der Waals surface area contributed by atoms with Crippen molar-refractivity contribution in [1.29, 1.82) is 0 Å². The van der Waals surface area contributed by atoms with Gasteiger partial charge in [0.1, 0.15) is 13.1 Å². The number of hydrogen-bond acceptors (Lipinski definition) is 0. The predicted molar refractivity (Wildman–Crippen MR) is 137 cm³/mol. The fourth-order valence-corrected chi connectivity index (χ4v) is 4.52. The van der Waals surface area contributed by atoms with Crippen molar-refractivity contribution < 1.29 is 43.1 Å². The molecule has 0 fully saturated rings. The summed E-state index contributed by atoms with van der Waals surface area (Å²) in [6, 6.07) is 8.91. The van der Waals surface area contributed by atoms with Gasteiger partial charge in [0.15, 0.2) is 24.8 Å². The van der Waals surface area contributed by atoms with Gasteiger partial charge < -0.3 is 34.0 Å². The van der Waals surface area contributed by atoms with Crippen molar-refractivity contribution in [2.45, 2.75) is 130 Å². The molecule has 0 bridgehead atoms. The topological polar surface area (TPSA) is 7.76 Å². The molecule has 0 atom stereocenters. The van der Waals surface area contributed by atoms with Crippen molar-refractivity contribution >= 4 is 0 Å². The second-order valence-corrected chi connectivity index (χ2v) is 9.61. The van der Waals surface area contributed by atoms with Gasteiger partial charge in [-0.2, -0.15) is 0 Å². The molecule has 0 spiro atoms. The zero-order valence-corrected chi connectivity index (χ0v) is 25.2. The van der Waals surface area contributed by atoms with Crippen LogP contribution in [-0.4, -0.2) is 0 Å². The van der Waals surface area contributed by atoms with E-state index in [2.05, 4.69) is 72.0 Å². The summed E-state index contributed by atoms with van der Waals surface area (Å²) in [6.07, 6.45) is 31.2. The van der Waals surface area contributed by atoms with E-state index in [0.29, 0.717) is 0 Å². The minimum atomic E-state index is 0. The maximum absolute atomic E-state index is 2.38. The van der Waals surface area contributed by atoms with Crippen LogP contribution in [0.2, 0.25) is 0 Å². The van der Waals surface area contributed by atoms with Crippen LogP contribution in [0.15, 0.2) is 49.1 Å². The first-order valence-corrected chi connectivity index (χ1v) is 13.8. The Hall–Kier alpha value is -0.740. The van der Waals surface area contributed by atoms with Crippen LogP contribution in [-0.2, 0) is 13.1 Å². The van der Waals surface area contributed by atoms with E-state index in [-0.39, 0.29) is 34.0 Å². The number of halogens is 2. The molecule has 34 heavy (non-hydrogen) atoms. The Morgan fingerprint density at radius 2 is 0.794 bits per heavy atom. The monoisotopic (exact) mass is 596 g/mol. The molecule has 2 aromatic rings. The lowest BCUT2D eigenvalue weighted by Crippen LogP contribution is -3.00. The van der Waals surface area contributed by atoms with Gasteiger partial charge in [-0.3, -0.25) is 0 Å². The van der Waals surface area contributed by atoms with Crippen LogP contribution in [0.1, 0.15) is 117 Å². The number of unbranched alkanes of at least 4 members (excludes halogenated alkanes) is 14. The molecule has 4 heteroatoms. The van der Waals surface area contributed by atoms with Gasteiger partial charge in [-0.05, 0) is 25.0 Å². The van der Waals surface area contributed by atoms with E-state index >= 15 is 0 Å². The highest BCUT2D eigenvalue weighted by Crippen LogP contribution is 2.15. The summed E-state index contributed by atoms with van der Waals surface area (Å²) in [7, 11) is 0. The molecule has 194 valence electrons. The standard InChI is InChI=1S/C30H50N2.2BrH/c1-3-5-7-9-11-13-15-17-23-31-25-19-21-29(27-31)30-22-20-26-32(28-30)24-18-16-14-12-10-8-6-4-2;;/h19-22,25-28H,3-18,23-24H2,1-2H3;2*1H/q+2;;/p-2. The fraction of sp³-hybridized carbons (Fsp3) is 0.667. The zero-order chi connectivity index (χ0) is 22.7. The Kier molecular flexibility index (Phi) is 22.2. The van der Waals surface area contributed by atoms with E-state index in [1.807, 2.05) is 0 Å². The Balaban J connectivity index is 0.00000544. The molecule has 0 aromatic carbocycles. The Labute approximate surface area is 232 Å². The molecule has 0 aliphatic carbocycles. The summed E-state index contributed by atoms with van der Waals surface area (Å²) >= 11 is 0. The van der Waals surface area contributed by atoms with Crippen LogP contribution in [0.3, 0.4) is 0 Å². The number of aromatic nitrogens is 2. The predicted octanol–water partition coefficient (Wildman–Crippen LogP) is 2.22. The molecule has 0 aliphatic heterocycles. The van der Waals surface area contributed by atoms with Crippen molar-refractivity contribution in [3.8, 4) is 11.1 Å². The van der Waals surface area contributed by atoms with Crippen molar-refractivity contribution in [2.24, 2.45) is 0 Å². The van der Waals surface area contributed by atoms with Crippen LogP contribution >= 0.6 is 0 Å². The normalized spacial score (nSPS) is 10.5. The summed E-state index contributed by atoms with van der Waals surface area (Å²) in [5.41, 5.74) is 2.66. The highest BCUT2D eigenvalue weighted by molar-refractivity contribution is 5.59. The SMILES string of the molecule is CCCCCCCCCC[n+]1cccc(-c2ccc[n+](CCCCCCCCCC)c2)c1.[Br-].[Br-]. The average molecular weight is 599 g/mol. The maximum atomic E-state index is 2.38. The summed E-state index contributed by atoms with van der Waals surface area (Å²) in [5, 5.41) is 0. The highest BCUT2D eigenvalue weighted by Gasteiger charge is 2.09. The first kappa shape index (κ1) is 33.3. The lowest BCUT2D eigenvalue weighted by molar-refractivity contribution is -0.698. The molecular weight excluding hydrogens is 548 g/mol. The van der Waals surface area contributed by atoms with Crippen LogP contribution < -0.4 is 43.1 Å². The zero-order valence-electron chi connectivity index (χ0n) is 22.0. The number of rotatable bonds is 19. The number of hydrogen-bond donors (Lipinski definition) is 0. The van der Waals surface area contributed by atoms with Crippen LogP contribution in [0.4, 0.5) is 0 Å². The molecule has 0 amide bonds. The van der Waals surface area contributed by atoms with E-state index in [1.54, 1.807) is 0 Å².